The minimum atomic E-state index is -0.389. The van der Waals surface area contributed by atoms with Gasteiger partial charge in [-0.1, -0.05) is 36.4 Å². The number of rotatable bonds is 5. The summed E-state index contributed by atoms with van der Waals surface area (Å²) in [6.45, 7) is 3.38. The molecule has 6 heteroatoms. The maximum Gasteiger partial charge on any atom is 0.410 e. The number of benzene rings is 1. The van der Waals surface area contributed by atoms with Gasteiger partial charge in [-0.15, -0.1) is 0 Å². The number of pyridine rings is 1. The molecule has 2 aromatic rings. The third-order valence-electron chi connectivity index (χ3n) is 4.22. The van der Waals surface area contributed by atoms with E-state index in [0.29, 0.717) is 25.3 Å². The number of ether oxygens (including phenoxy) is 2. The summed E-state index contributed by atoms with van der Waals surface area (Å²) >= 11 is 0. The van der Waals surface area contributed by atoms with Gasteiger partial charge >= 0.3 is 12.1 Å². The number of amides is 1. The summed E-state index contributed by atoms with van der Waals surface area (Å²) < 4.78 is 10.4. The minimum Gasteiger partial charge on any atom is -0.462 e. The molecule has 0 unspecified atom stereocenters. The molecule has 0 saturated heterocycles. The lowest BCUT2D eigenvalue weighted by Gasteiger charge is -2.26. The summed E-state index contributed by atoms with van der Waals surface area (Å²) in [6.07, 6.45) is 3.96. The Labute approximate surface area is 158 Å². The third-order valence-corrected chi connectivity index (χ3v) is 4.22. The van der Waals surface area contributed by atoms with Gasteiger partial charge in [0.25, 0.3) is 0 Å². The van der Waals surface area contributed by atoms with Gasteiger partial charge in [-0.3, -0.25) is 4.98 Å². The lowest BCUT2D eigenvalue weighted by Crippen LogP contribution is -2.36. The fraction of sp³-hybridized carbons (Fsp3) is 0.286. The number of hydrogen-bond donors (Lipinski definition) is 0. The molecule has 27 heavy (non-hydrogen) atoms. The summed E-state index contributed by atoms with van der Waals surface area (Å²) in [7, 11) is 0. The Bertz CT molecular complexity index is 816. The fourth-order valence-electron chi connectivity index (χ4n) is 2.81. The highest BCUT2D eigenvalue weighted by Crippen LogP contribution is 2.20. The zero-order chi connectivity index (χ0) is 19.1. The van der Waals surface area contributed by atoms with Crippen LogP contribution in [0, 0.1) is 0 Å². The van der Waals surface area contributed by atoms with Gasteiger partial charge < -0.3 is 14.4 Å². The van der Waals surface area contributed by atoms with E-state index in [1.165, 1.54) is 6.20 Å². The maximum atomic E-state index is 12.4. The highest BCUT2D eigenvalue weighted by molar-refractivity contribution is 5.89. The topological polar surface area (TPSA) is 68.7 Å². The first-order chi connectivity index (χ1) is 13.2. The molecule has 140 valence electrons. The second-order valence-corrected chi connectivity index (χ2v) is 6.13. The molecule has 1 aliphatic rings. The Morgan fingerprint density at radius 3 is 2.63 bits per heavy atom. The molecule has 6 nitrogen and oxygen atoms in total. The van der Waals surface area contributed by atoms with Crippen LogP contribution in [0.3, 0.4) is 0 Å². The molecule has 0 aliphatic carbocycles. The second kappa shape index (κ2) is 8.98. The molecule has 0 radical (unpaired) electrons. The van der Waals surface area contributed by atoms with Gasteiger partial charge in [0.1, 0.15) is 6.61 Å². The highest BCUT2D eigenvalue weighted by atomic mass is 16.6. The van der Waals surface area contributed by atoms with Crippen LogP contribution in [-0.2, 0) is 16.1 Å². The number of hydrogen-bond acceptors (Lipinski definition) is 5. The normalized spacial score (nSPS) is 13.7. The second-order valence-electron chi connectivity index (χ2n) is 6.13. The van der Waals surface area contributed by atoms with Gasteiger partial charge in [0, 0.05) is 12.7 Å². The van der Waals surface area contributed by atoms with Crippen LogP contribution in [0.2, 0.25) is 0 Å². The lowest BCUT2D eigenvalue weighted by molar-refractivity contribution is 0.0526. The molecule has 0 saturated carbocycles. The Morgan fingerprint density at radius 1 is 1.11 bits per heavy atom. The van der Waals surface area contributed by atoms with Crippen molar-refractivity contribution in [2.24, 2.45) is 0 Å². The molecule has 1 aromatic heterocycles. The van der Waals surface area contributed by atoms with Gasteiger partial charge in [-0.2, -0.15) is 0 Å². The van der Waals surface area contributed by atoms with Gasteiger partial charge in [-0.25, -0.2) is 9.59 Å². The van der Waals surface area contributed by atoms with Crippen molar-refractivity contribution in [1.29, 1.82) is 0 Å². The van der Waals surface area contributed by atoms with Gasteiger partial charge in [0.05, 0.1) is 24.4 Å². The van der Waals surface area contributed by atoms with E-state index in [9.17, 15) is 9.59 Å². The monoisotopic (exact) mass is 366 g/mol. The summed E-state index contributed by atoms with van der Waals surface area (Å²) in [5.74, 6) is -0.389. The van der Waals surface area contributed by atoms with Gasteiger partial charge in [0.2, 0.25) is 0 Å². The van der Waals surface area contributed by atoms with Gasteiger partial charge in [0.15, 0.2) is 0 Å². The van der Waals surface area contributed by atoms with Crippen molar-refractivity contribution >= 4 is 17.6 Å². The quantitative estimate of drug-likeness (QED) is 0.755. The number of nitrogens with zero attached hydrogens (tertiary/aromatic N) is 2. The molecular formula is C21H22N2O4. The molecule has 3 rings (SSSR count). The number of esters is 1. The Balaban J connectivity index is 1.59. The Hall–Kier alpha value is -3.15. The van der Waals surface area contributed by atoms with Crippen molar-refractivity contribution < 1.29 is 19.1 Å². The van der Waals surface area contributed by atoms with Crippen molar-refractivity contribution in [2.75, 3.05) is 19.7 Å². The van der Waals surface area contributed by atoms with E-state index in [0.717, 1.165) is 23.3 Å². The van der Waals surface area contributed by atoms with E-state index in [1.54, 1.807) is 24.0 Å². The molecule has 1 amide bonds. The third kappa shape index (κ3) is 4.94. The van der Waals surface area contributed by atoms with Crippen LogP contribution < -0.4 is 0 Å². The Kier molecular flexibility index (Phi) is 6.20. The van der Waals surface area contributed by atoms with E-state index in [2.05, 4.69) is 11.1 Å². The van der Waals surface area contributed by atoms with E-state index >= 15 is 0 Å². The average Bonchev–Trinajstić information content (AvgIpc) is 2.73. The van der Waals surface area contributed by atoms with Crippen LogP contribution in [0.15, 0.2) is 54.7 Å². The molecule has 0 spiro atoms. The number of carbonyl (C=O) groups is 2. The molecule has 0 N–H and O–H groups in total. The van der Waals surface area contributed by atoms with E-state index in [4.69, 9.17) is 9.47 Å². The van der Waals surface area contributed by atoms with Crippen LogP contribution in [0.1, 0.15) is 35.0 Å². The highest BCUT2D eigenvalue weighted by Gasteiger charge is 2.21. The van der Waals surface area contributed by atoms with E-state index in [-0.39, 0.29) is 18.7 Å². The first-order valence-corrected chi connectivity index (χ1v) is 8.95. The van der Waals surface area contributed by atoms with Crippen LogP contribution in [-0.4, -0.2) is 41.6 Å². The largest absolute Gasteiger partial charge is 0.462 e. The van der Waals surface area contributed by atoms with Crippen molar-refractivity contribution in [3.63, 3.8) is 0 Å². The Morgan fingerprint density at radius 2 is 1.93 bits per heavy atom. The molecule has 2 heterocycles. The summed E-state index contributed by atoms with van der Waals surface area (Å²) in [5, 5.41) is 0. The lowest BCUT2D eigenvalue weighted by atomic mass is 10.1. The van der Waals surface area contributed by atoms with Crippen LogP contribution in [0.25, 0.3) is 5.57 Å². The standard InChI is InChI=1S/C21H22N2O4/c1-2-26-20(24)17-10-11-19(22-13-17)18-9-6-12-23(14-18)21(25)27-15-16-7-4-3-5-8-16/h3-5,7-11,13H,2,6,12,14-15H2,1H3. The first-order valence-electron chi connectivity index (χ1n) is 8.95. The molecular weight excluding hydrogens is 344 g/mol. The fourth-order valence-corrected chi connectivity index (χ4v) is 2.81. The summed E-state index contributed by atoms with van der Waals surface area (Å²) in [6, 6.07) is 13.1. The first kappa shape index (κ1) is 18.6. The zero-order valence-electron chi connectivity index (χ0n) is 15.3. The maximum absolute atomic E-state index is 12.4. The van der Waals surface area contributed by atoms with E-state index < -0.39 is 0 Å². The van der Waals surface area contributed by atoms with Crippen molar-refractivity contribution in [1.82, 2.24) is 9.88 Å². The minimum absolute atomic E-state index is 0.252. The van der Waals surface area contributed by atoms with E-state index in [1.807, 2.05) is 30.3 Å². The molecule has 0 atom stereocenters. The predicted molar refractivity (Wildman–Crippen MR) is 101 cm³/mol. The number of carbonyl (C=O) groups excluding carboxylic acids is 2. The summed E-state index contributed by atoms with van der Waals surface area (Å²) in [4.78, 5) is 30.1. The van der Waals surface area contributed by atoms with Crippen molar-refractivity contribution in [3.05, 3.63) is 71.6 Å². The molecule has 1 aliphatic heterocycles. The predicted octanol–water partition coefficient (Wildman–Crippen LogP) is 3.68. The molecule has 1 aromatic carbocycles. The smallest absolute Gasteiger partial charge is 0.410 e. The van der Waals surface area contributed by atoms with Gasteiger partial charge in [-0.05, 0) is 36.6 Å². The average molecular weight is 366 g/mol. The van der Waals surface area contributed by atoms with Crippen molar-refractivity contribution in [3.8, 4) is 0 Å². The van der Waals surface area contributed by atoms with Crippen LogP contribution in [0.4, 0.5) is 4.79 Å². The van der Waals surface area contributed by atoms with Crippen LogP contribution >= 0.6 is 0 Å². The number of aromatic nitrogens is 1. The van der Waals surface area contributed by atoms with Crippen LogP contribution in [0.5, 0.6) is 0 Å². The molecule has 0 fully saturated rings. The van der Waals surface area contributed by atoms with Crippen molar-refractivity contribution in [2.45, 2.75) is 20.0 Å². The molecule has 0 bridgehead atoms. The zero-order valence-corrected chi connectivity index (χ0v) is 15.3. The SMILES string of the molecule is CCOC(=O)c1ccc(C2=CCCN(C(=O)OCc3ccccc3)C2)nc1. The summed E-state index contributed by atoms with van der Waals surface area (Å²) in [5.41, 5.74) is 3.04.